The van der Waals surface area contributed by atoms with Gasteiger partial charge in [0, 0.05) is 5.56 Å². The Kier molecular flexibility index (Phi) is 7.69. The van der Waals surface area contributed by atoms with Gasteiger partial charge in [0.1, 0.15) is 13.2 Å². The number of halogens is 8. The van der Waals surface area contributed by atoms with Crippen LogP contribution < -0.4 is 0 Å². The topological polar surface area (TPSA) is 52.6 Å². The van der Waals surface area contributed by atoms with E-state index in [0.29, 0.717) is 0 Å². The highest BCUT2D eigenvalue weighted by Gasteiger charge is 2.42. The lowest BCUT2D eigenvalue weighted by Gasteiger charge is -2.15. The first kappa shape index (κ1) is 22.8. The van der Waals surface area contributed by atoms with Gasteiger partial charge in [-0.2, -0.15) is 17.6 Å². The van der Waals surface area contributed by atoms with Crippen LogP contribution in [0.15, 0.2) is 24.3 Å². The van der Waals surface area contributed by atoms with Gasteiger partial charge in [0.15, 0.2) is 12.4 Å². The third kappa shape index (κ3) is 6.77. The lowest BCUT2D eigenvalue weighted by atomic mass is 10.1. The Hall–Kier alpha value is -2.24. The summed E-state index contributed by atoms with van der Waals surface area (Å²) < 4.78 is 107. The normalized spacial score (nSPS) is 12.5. The summed E-state index contributed by atoms with van der Waals surface area (Å²) in [5.41, 5.74) is -0.755. The highest BCUT2D eigenvalue weighted by molar-refractivity contribution is 5.99. The third-order valence-electron chi connectivity index (χ3n) is 2.98. The van der Waals surface area contributed by atoms with Crippen LogP contribution in [0.4, 0.5) is 35.1 Å². The number of ether oxygens (including phenoxy) is 2. The van der Waals surface area contributed by atoms with Gasteiger partial charge in [-0.15, -0.1) is 0 Å². The summed E-state index contributed by atoms with van der Waals surface area (Å²) in [6.07, 6.45) is -8.04. The molecular weight excluding hydrogens is 396 g/mol. The van der Waals surface area contributed by atoms with Crippen molar-refractivity contribution in [3.8, 4) is 0 Å². The van der Waals surface area contributed by atoms with E-state index in [1.807, 2.05) is 0 Å². The highest BCUT2D eigenvalue weighted by Crippen LogP contribution is 2.24. The number of hydrogen-bond acceptors (Lipinski definition) is 4. The molecule has 0 saturated carbocycles. The summed E-state index contributed by atoms with van der Waals surface area (Å²) in [7, 11) is 0. The van der Waals surface area contributed by atoms with Crippen molar-refractivity contribution in [2.75, 3.05) is 19.8 Å². The summed E-state index contributed by atoms with van der Waals surface area (Å²) in [5, 5.41) is 0. The number of esters is 1. The number of rotatable bonds is 10. The lowest BCUT2D eigenvalue weighted by Crippen LogP contribution is -2.33. The molecule has 0 amide bonds. The van der Waals surface area contributed by atoms with Crippen molar-refractivity contribution >= 4 is 11.8 Å². The summed E-state index contributed by atoms with van der Waals surface area (Å²) in [6.45, 7) is -4.64. The molecular formula is C15H12F8O4. The Balaban J connectivity index is 2.67. The van der Waals surface area contributed by atoms with Crippen molar-refractivity contribution in [1.29, 1.82) is 0 Å². The van der Waals surface area contributed by atoms with Crippen LogP contribution in [0.3, 0.4) is 0 Å². The zero-order valence-corrected chi connectivity index (χ0v) is 13.2. The standard InChI is InChI=1S/C15H12F8O4/c16-12(17)14(20,21)6-26-5-10(24)8-2-1-3-9(4-8)11(25)27-7-15(22,23)13(18)19/h1-4,12-13H,5-7H2. The third-order valence-corrected chi connectivity index (χ3v) is 2.98. The van der Waals surface area contributed by atoms with E-state index in [9.17, 15) is 44.7 Å². The maximum absolute atomic E-state index is 12.7. The van der Waals surface area contributed by atoms with Crippen LogP contribution >= 0.6 is 0 Å². The van der Waals surface area contributed by atoms with Crippen LogP contribution in [0.5, 0.6) is 0 Å². The molecule has 1 aromatic rings. The molecule has 0 atom stereocenters. The fourth-order valence-corrected chi connectivity index (χ4v) is 1.55. The molecule has 12 heteroatoms. The minimum Gasteiger partial charge on any atom is -0.455 e. The Morgan fingerprint density at radius 1 is 0.889 bits per heavy atom. The SMILES string of the molecule is O=C(COCC(F)(F)C(F)F)c1cccc(C(=O)OCC(F)(F)C(F)F)c1. The van der Waals surface area contributed by atoms with Crippen LogP contribution in [0.1, 0.15) is 20.7 Å². The van der Waals surface area contributed by atoms with Crippen LogP contribution in [0.25, 0.3) is 0 Å². The van der Waals surface area contributed by atoms with Gasteiger partial charge in [0.2, 0.25) is 0 Å². The molecule has 0 aliphatic heterocycles. The van der Waals surface area contributed by atoms with Gasteiger partial charge >= 0.3 is 30.7 Å². The fourth-order valence-electron chi connectivity index (χ4n) is 1.55. The van der Waals surface area contributed by atoms with Crippen LogP contribution in [0.2, 0.25) is 0 Å². The lowest BCUT2D eigenvalue weighted by molar-refractivity contribution is -0.163. The van der Waals surface area contributed by atoms with Crippen molar-refractivity contribution < 1.29 is 54.2 Å². The predicted octanol–water partition coefficient (Wildman–Crippen LogP) is 3.84. The van der Waals surface area contributed by atoms with E-state index in [1.54, 1.807) is 0 Å². The van der Waals surface area contributed by atoms with E-state index in [-0.39, 0.29) is 5.56 Å². The first-order valence-corrected chi connectivity index (χ1v) is 7.07. The van der Waals surface area contributed by atoms with Crippen molar-refractivity contribution in [2.24, 2.45) is 0 Å². The first-order valence-electron chi connectivity index (χ1n) is 7.07. The van der Waals surface area contributed by atoms with Gasteiger partial charge in [-0.05, 0) is 12.1 Å². The molecule has 0 radical (unpaired) electrons. The van der Waals surface area contributed by atoms with Gasteiger partial charge in [-0.25, -0.2) is 22.4 Å². The molecule has 0 spiro atoms. The van der Waals surface area contributed by atoms with E-state index in [0.717, 1.165) is 24.3 Å². The first-order chi connectivity index (χ1) is 12.4. The molecule has 152 valence electrons. The second-order valence-electron chi connectivity index (χ2n) is 5.20. The zero-order valence-electron chi connectivity index (χ0n) is 13.2. The molecule has 4 nitrogen and oxygen atoms in total. The van der Waals surface area contributed by atoms with Gasteiger partial charge in [0.05, 0.1) is 5.56 Å². The fraction of sp³-hybridized carbons (Fsp3) is 0.467. The van der Waals surface area contributed by atoms with Crippen LogP contribution in [0, 0.1) is 0 Å². The second-order valence-corrected chi connectivity index (χ2v) is 5.20. The molecule has 0 aromatic heterocycles. The van der Waals surface area contributed by atoms with Crippen molar-refractivity contribution in [1.82, 2.24) is 0 Å². The van der Waals surface area contributed by atoms with Crippen LogP contribution in [-0.4, -0.2) is 56.3 Å². The molecule has 0 saturated heterocycles. The van der Waals surface area contributed by atoms with E-state index >= 15 is 0 Å². The number of Topliss-reactive ketones (excluding diaryl/α,β-unsaturated/α-hetero) is 1. The van der Waals surface area contributed by atoms with E-state index in [4.69, 9.17) is 0 Å². The molecule has 0 fully saturated rings. The molecule has 0 N–H and O–H groups in total. The molecule has 0 bridgehead atoms. The largest absolute Gasteiger partial charge is 0.455 e. The van der Waals surface area contributed by atoms with Crippen molar-refractivity contribution in [3.05, 3.63) is 35.4 Å². The van der Waals surface area contributed by atoms with Crippen molar-refractivity contribution in [3.63, 3.8) is 0 Å². The number of benzene rings is 1. The summed E-state index contributed by atoms with van der Waals surface area (Å²) in [6, 6.07) is 4.04. The van der Waals surface area contributed by atoms with Crippen molar-refractivity contribution in [2.45, 2.75) is 24.7 Å². The number of alkyl halides is 8. The zero-order chi connectivity index (χ0) is 20.8. The minimum absolute atomic E-state index is 0.301. The van der Waals surface area contributed by atoms with E-state index in [2.05, 4.69) is 9.47 Å². The van der Waals surface area contributed by atoms with Gasteiger partial charge < -0.3 is 9.47 Å². The van der Waals surface area contributed by atoms with Gasteiger partial charge in [0.25, 0.3) is 0 Å². The Morgan fingerprint density at radius 3 is 1.96 bits per heavy atom. The molecule has 27 heavy (non-hydrogen) atoms. The van der Waals surface area contributed by atoms with E-state index in [1.165, 1.54) is 0 Å². The Morgan fingerprint density at radius 2 is 1.41 bits per heavy atom. The Labute approximate surface area is 147 Å². The maximum Gasteiger partial charge on any atom is 0.340 e. The summed E-state index contributed by atoms with van der Waals surface area (Å²) >= 11 is 0. The summed E-state index contributed by atoms with van der Waals surface area (Å²) in [5.74, 6) is -11.4. The molecule has 0 aliphatic carbocycles. The average molecular weight is 408 g/mol. The maximum atomic E-state index is 12.7. The smallest absolute Gasteiger partial charge is 0.340 e. The number of hydrogen-bond donors (Lipinski definition) is 0. The predicted molar refractivity (Wildman–Crippen MR) is 73.8 cm³/mol. The molecule has 0 unspecified atom stereocenters. The number of ketones is 1. The number of carbonyl (C=O) groups excluding carboxylic acids is 2. The molecule has 0 aliphatic rings. The van der Waals surface area contributed by atoms with Crippen LogP contribution in [-0.2, 0) is 9.47 Å². The monoisotopic (exact) mass is 408 g/mol. The van der Waals surface area contributed by atoms with Gasteiger partial charge in [-0.1, -0.05) is 12.1 Å². The minimum atomic E-state index is -4.56. The number of carbonyl (C=O) groups is 2. The van der Waals surface area contributed by atoms with E-state index < -0.39 is 61.8 Å². The highest BCUT2D eigenvalue weighted by atomic mass is 19.3. The average Bonchev–Trinajstić information content (AvgIpc) is 2.59. The molecule has 0 heterocycles. The molecule has 1 rings (SSSR count). The Bertz CT molecular complexity index is 663. The second kappa shape index (κ2) is 9.11. The molecule has 1 aromatic carbocycles. The van der Waals surface area contributed by atoms with Gasteiger partial charge in [-0.3, -0.25) is 4.79 Å². The summed E-state index contributed by atoms with van der Waals surface area (Å²) in [4.78, 5) is 23.3. The quantitative estimate of drug-likeness (QED) is 0.335.